The normalized spacial score (nSPS) is 18.9. The van der Waals surface area contributed by atoms with Crippen molar-refractivity contribution in [2.75, 3.05) is 27.4 Å². The Hall–Kier alpha value is -3.80. The Morgan fingerprint density at radius 2 is 1.65 bits per heavy atom. The topological polar surface area (TPSA) is 120 Å². The Morgan fingerprint density at radius 1 is 1.00 bits per heavy atom. The van der Waals surface area contributed by atoms with Crippen LogP contribution in [-0.2, 0) is 18.9 Å². The summed E-state index contributed by atoms with van der Waals surface area (Å²) in [6.07, 6.45) is -0.419. The summed E-state index contributed by atoms with van der Waals surface area (Å²) < 4.78 is 39.0. The molecule has 2 unspecified atom stereocenters. The van der Waals surface area contributed by atoms with E-state index in [4.69, 9.17) is 33.2 Å². The van der Waals surface area contributed by atoms with Crippen LogP contribution in [-0.4, -0.2) is 60.4 Å². The van der Waals surface area contributed by atoms with Crippen LogP contribution in [0, 0.1) is 20.8 Å². The van der Waals surface area contributed by atoms with Crippen LogP contribution in [0.3, 0.4) is 0 Å². The van der Waals surface area contributed by atoms with Crippen LogP contribution in [0.2, 0.25) is 0 Å². The van der Waals surface area contributed by atoms with Crippen LogP contribution < -0.4 is 14.2 Å². The van der Waals surface area contributed by atoms with E-state index in [-0.39, 0.29) is 42.6 Å². The summed E-state index contributed by atoms with van der Waals surface area (Å²) >= 11 is 0. The van der Waals surface area contributed by atoms with Gasteiger partial charge in [0.05, 0.1) is 13.7 Å². The van der Waals surface area contributed by atoms with Gasteiger partial charge in [-0.2, -0.15) is 0 Å². The molecule has 1 fully saturated rings. The average molecular weight is 512 g/mol. The molecule has 1 aromatic heterocycles. The van der Waals surface area contributed by atoms with Crippen LogP contribution >= 0.6 is 0 Å². The van der Waals surface area contributed by atoms with Gasteiger partial charge in [-0.15, -0.1) is 15.0 Å². The fourth-order valence-electron chi connectivity index (χ4n) is 3.80. The highest BCUT2D eigenvalue weighted by Crippen LogP contribution is 2.31. The highest BCUT2D eigenvalue weighted by Gasteiger charge is 2.38. The van der Waals surface area contributed by atoms with Gasteiger partial charge < -0.3 is 33.2 Å². The summed E-state index contributed by atoms with van der Waals surface area (Å²) in [6.45, 7) is 7.87. The lowest BCUT2D eigenvalue weighted by Gasteiger charge is -2.20. The molecule has 1 aliphatic rings. The van der Waals surface area contributed by atoms with Gasteiger partial charge in [-0.25, -0.2) is 4.79 Å². The minimum atomic E-state index is -1.15. The largest absolute Gasteiger partial charge is 0.465 e. The second-order valence-electron chi connectivity index (χ2n) is 8.53. The second-order valence-corrected chi connectivity index (χ2v) is 8.53. The molecule has 2 atom stereocenters. The summed E-state index contributed by atoms with van der Waals surface area (Å²) in [4.78, 5) is 25.0. The molecule has 0 saturated carbocycles. The number of aromatic nitrogens is 3. The molecule has 0 N–H and O–H groups in total. The predicted molar refractivity (Wildman–Crippen MR) is 130 cm³/mol. The Morgan fingerprint density at radius 3 is 2.30 bits per heavy atom. The maximum Gasteiger partial charge on any atom is 0.341 e. The number of aryl methyl sites for hydroxylation is 3. The van der Waals surface area contributed by atoms with E-state index < -0.39 is 18.0 Å². The number of carbonyl (C=O) groups excluding carboxylic acids is 1. The van der Waals surface area contributed by atoms with Crippen LogP contribution in [0.25, 0.3) is 0 Å². The fraction of sp³-hybridized carbons (Fsp3) is 0.385. The molecule has 1 aliphatic heterocycles. The molecule has 11 nitrogen and oxygen atoms in total. The van der Waals surface area contributed by atoms with E-state index in [2.05, 4.69) is 15.0 Å². The first-order chi connectivity index (χ1) is 17.7. The molecular formula is C26H29N3O8. The lowest BCUT2D eigenvalue weighted by Crippen LogP contribution is -2.30. The number of methoxy groups -OCH3 is 2. The van der Waals surface area contributed by atoms with Crippen LogP contribution in [0.5, 0.6) is 29.5 Å². The molecule has 0 amide bonds. The number of rotatable bonds is 9. The number of ether oxygens (including phenoxy) is 7. The van der Waals surface area contributed by atoms with E-state index in [1.54, 1.807) is 31.2 Å². The highest BCUT2D eigenvalue weighted by atomic mass is 16.9. The molecule has 0 aliphatic carbocycles. The molecule has 4 rings (SSSR count). The average Bonchev–Trinajstić information content (AvgIpc) is 3.26. The quantitative estimate of drug-likeness (QED) is 0.383. The third kappa shape index (κ3) is 6.31. The zero-order valence-corrected chi connectivity index (χ0v) is 21.6. The molecule has 196 valence electrons. The molecule has 11 heteroatoms. The number of hydrogen-bond acceptors (Lipinski definition) is 11. The maximum absolute atomic E-state index is 12.2. The zero-order valence-electron chi connectivity index (χ0n) is 21.6. The third-order valence-corrected chi connectivity index (χ3v) is 5.55. The monoisotopic (exact) mass is 511 g/mol. The van der Waals surface area contributed by atoms with Crippen molar-refractivity contribution < 1.29 is 38.0 Å². The predicted octanol–water partition coefficient (Wildman–Crippen LogP) is 4.28. The van der Waals surface area contributed by atoms with E-state index in [0.29, 0.717) is 5.75 Å². The first-order valence-electron chi connectivity index (χ1n) is 11.6. The number of carbonyl (C=O) groups is 1. The Kier molecular flexibility index (Phi) is 7.86. The number of nitrogens with zero attached hydrogens (tertiary/aromatic N) is 3. The fourth-order valence-corrected chi connectivity index (χ4v) is 3.80. The second kappa shape index (κ2) is 11.1. The lowest BCUT2D eigenvalue weighted by atomic mass is 10.1. The highest BCUT2D eigenvalue weighted by molar-refractivity contribution is 5.92. The summed E-state index contributed by atoms with van der Waals surface area (Å²) in [5, 5.41) is 0. The first-order valence-corrected chi connectivity index (χ1v) is 11.6. The van der Waals surface area contributed by atoms with Crippen LogP contribution in [0.1, 0.15) is 34.0 Å². The lowest BCUT2D eigenvalue weighted by molar-refractivity contribution is -0.314. The van der Waals surface area contributed by atoms with Crippen molar-refractivity contribution in [1.29, 1.82) is 0 Å². The zero-order chi connectivity index (χ0) is 26.6. The van der Waals surface area contributed by atoms with Gasteiger partial charge in [-0.05, 0) is 44.0 Å². The van der Waals surface area contributed by atoms with E-state index in [1.807, 2.05) is 32.9 Å². The minimum absolute atomic E-state index is 0.0454. The molecule has 3 aromatic rings. The molecule has 0 bridgehead atoms. The Bertz CT molecular complexity index is 1260. The minimum Gasteiger partial charge on any atom is -0.465 e. The number of para-hydroxylation sites is 1. The molecular weight excluding hydrogens is 482 g/mol. The van der Waals surface area contributed by atoms with Crippen molar-refractivity contribution in [2.45, 2.75) is 39.8 Å². The van der Waals surface area contributed by atoms with Gasteiger partial charge in [0.2, 0.25) is 0 Å². The SMILES string of the molecule is COC(=O)c1ccccc1Oc1nc(OCC2COC(C)(OC)O2)nc(Oc2c(C)cc(C)cc2C)n1. The van der Waals surface area contributed by atoms with Crippen molar-refractivity contribution in [1.82, 2.24) is 15.0 Å². The van der Waals surface area contributed by atoms with Crippen molar-refractivity contribution in [2.24, 2.45) is 0 Å². The summed E-state index contributed by atoms with van der Waals surface area (Å²) in [5.74, 6) is -0.910. The molecule has 0 spiro atoms. The van der Waals surface area contributed by atoms with E-state index in [0.717, 1.165) is 16.7 Å². The van der Waals surface area contributed by atoms with Gasteiger partial charge in [0.1, 0.15) is 29.8 Å². The number of benzene rings is 2. The number of esters is 1. The molecule has 0 radical (unpaired) electrons. The van der Waals surface area contributed by atoms with Gasteiger partial charge >= 0.3 is 24.0 Å². The van der Waals surface area contributed by atoms with E-state index in [9.17, 15) is 4.79 Å². The first kappa shape index (κ1) is 26.3. The Balaban J connectivity index is 1.63. The maximum atomic E-state index is 12.2. The molecule has 37 heavy (non-hydrogen) atoms. The number of hydrogen-bond donors (Lipinski definition) is 0. The van der Waals surface area contributed by atoms with Crippen molar-refractivity contribution >= 4 is 5.97 Å². The van der Waals surface area contributed by atoms with Gasteiger partial charge in [-0.1, -0.05) is 29.8 Å². The van der Waals surface area contributed by atoms with Crippen LogP contribution in [0.15, 0.2) is 36.4 Å². The van der Waals surface area contributed by atoms with Crippen molar-refractivity contribution in [3.05, 3.63) is 58.7 Å². The van der Waals surface area contributed by atoms with E-state index >= 15 is 0 Å². The summed E-state index contributed by atoms with van der Waals surface area (Å²) in [7, 11) is 2.78. The van der Waals surface area contributed by atoms with Gasteiger partial charge in [0.15, 0.2) is 0 Å². The third-order valence-electron chi connectivity index (χ3n) is 5.55. The van der Waals surface area contributed by atoms with E-state index in [1.165, 1.54) is 14.2 Å². The molecule has 2 heterocycles. The summed E-state index contributed by atoms with van der Waals surface area (Å²) in [5.41, 5.74) is 3.13. The molecule has 1 saturated heterocycles. The summed E-state index contributed by atoms with van der Waals surface area (Å²) in [6, 6.07) is 10.3. The Labute approximate surface area is 214 Å². The molecule has 2 aromatic carbocycles. The van der Waals surface area contributed by atoms with Crippen LogP contribution in [0.4, 0.5) is 0 Å². The van der Waals surface area contributed by atoms with Gasteiger partial charge in [-0.3, -0.25) is 0 Å². The van der Waals surface area contributed by atoms with Crippen molar-refractivity contribution in [3.63, 3.8) is 0 Å². The smallest absolute Gasteiger partial charge is 0.341 e. The van der Waals surface area contributed by atoms with Gasteiger partial charge in [0, 0.05) is 14.0 Å². The van der Waals surface area contributed by atoms with Gasteiger partial charge in [0.25, 0.3) is 5.97 Å². The van der Waals surface area contributed by atoms with Crippen molar-refractivity contribution in [3.8, 4) is 29.5 Å². The standard InChI is InChI=1S/C26H29N3O8/c1-15-11-16(2)21(17(3)12-15)36-25-28-23(33-13-18-14-34-26(4,32-6)37-18)27-24(29-25)35-20-10-8-7-9-19(20)22(30)31-5/h7-12,18H,13-14H2,1-6H3.